The number of aliphatic hydroxyl groups is 1. The van der Waals surface area contributed by atoms with E-state index in [1.165, 1.54) is 0 Å². The fourth-order valence-electron chi connectivity index (χ4n) is 1.68. The van der Waals surface area contributed by atoms with Crippen LogP contribution in [0.2, 0.25) is 0 Å². The van der Waals surface area contributed by atoms with Crippen molar-refractivity contribution in [2.75, 3.05) is 19.7 Å². The molecule has 0 saturated heterocycles. The second-order valence-electron chi connectivity index (χ2n) is 4.52. The SMILES string of the molecule is CC(C)NC(=O)CN(CCO)Cc1cccnc1. The van der Waals surface area contributed by atoms with E-state index in [1.54, 1.807) is 12.4 Å². The molecule has 1 heterocycles. The molecule has 18 heavy (non-hydrogen) atoms. The number of rotatable bonds is 7. The summed E-state index contributed by atoms with van der Waals surface area (Å²) in [7, 11) is 0. The van der Waals surface area contributed by atoms with E-state index in [0.717, 1.165) is 5.56 Å². The third-order valence-corrected chi connectivity index (χ3v) is 2.36. The summed E-state index contributed by atoms with van der Waals surface area (Å²) in [6.07, 6.45) is 3.48. The van der Waals surface area contributed by atoms with Crippen LogP contribution < -0.4 is 5.32 Å². The molecule has 0 unspecified atom stereocenters. The summed E-state index contributed by atoms with van der Waals surface area (Å²) in [6, 6.07) is 3.95. The van der Waals surface area contributed by atoms with Crippen molar-refractivity contribution in [2.24, 2.45) is 0 Å². The van der Waals surface area contributed by atoms with Crippen molar-refractivity contribution in [3.63, 3.8) is 0 Å². The lowest BCUT2D eigenvalue weighted by Gasteiger charge is -2.21. The van der Waals surface area contributed by atoms with Gasteiger partial charge in [-0.2, -0.15) is 0 Å². The zero-order valence-corrected chi connectivity index (χ0v) is 11.0. The van der Waals surface area contributed by atoms with E-state index in [1.807, 2.05) is 30.9 Å². The number of hydrogen-bond donors (Lipinski definition) is 2. The molecular weight excluding hydrogens is 230 g/mol. The fraction of sp³-hybridized carbons (Fsp3) is 0.538. The van der Waals surface area contributed by atoms with Gasteiger partial charge in [-0.1, -0.05) is 6.07 Å². The molecule has 0 bridgehead atoms. The van der Waals surface area contributed by atoms with Gasteiger partial charge in [0.15, 0.2) is 0 Å². The molecule has 0 saturated carbocycles. The Labute approximate surface area is 108 Å². The molecule has 0 aromatic carbocycles. The zero-order valence-electron chi connectivity index (χ0n) is 11.0. The van der Waals surface area contributed by atoms with Gasteiger partial charge < -0.3 is 10.4 Å². The fourth-order valence-corrected chi connectivity index (χ4v) is 1.68. The number of carbonyl (C=O) groups is 1. The molecule has 100 valence electrons. The highest BCUT2D eigenvalue weighted by Gasteiger charge is 2.11. The molecule has 1 rings (SSSR count). The van der Waals surface area contributed by atoms with Crippen LogP contribution >= 0.6 is 0 Å². The second-order valence-corrected chi connectivity index (χ2v) is 4.52. The summed E-state index contributed by atoms with van der Waals surface area (Å²) in [4.78, 5) is 17.6. The van der Waals surface area contributed by atoms with Gasteiger partial charge in [0, 0.05) is 31.5 Å². The minimum absolute atomic E-state index is 0.0256. The molecule has 0 atom stereocenters. The molecule has 0 aliphatic rings. The van der Waals surface area contributed by atoms with Gasteiger partial charge in [0.2, 0.25) is 5.91 Å². The highest BCUT2D eigenvalue weighted by molar-refractivity contribution is 5.78. The van der Waals surface area contributed by atoms with E-state index < -0.39 is 0 Å². The topological polar surface area (TPSA) is 65.5 Å². The van der Waals surface area contributed by atoms with E-state index in [2.05, 4.69) is 10.3 Å². The Morgan fingerprint density at radius 1 is 1.56 bits per heavy atom. The number of aliphatic hydroxyl groups excluding tert-OH is 1. The van der Waals surface area contributed by atoms with Gasteiger partial charge in [-0.15, -0.1) is 0 Å². The summed E-state index contributed by atoms with van der Waals surface area (Å²) < 4.78 is 0. The predicted octanol–water partition coefficient (Wildman–Crippen LogP) is 0.400. The Morgan fingerprint density at radius 3 is 2.89 bits per heavy atom. The van der Waals surface area contributed by atoms with Crippen molar-refractivity contribution < 1.29 is 9.90 Å². The van der Waals surface area contributed by atoms with Gasteiger partial charge in [-0.05, 0) is 25.5 Å². The Bertz CT molecular complexity index is 355. The van der Waals surface area contributed by atoms with Gasteiger partial charge in [-0.25, -0.2) is 0 Å². The van der Waals surface area contributed by atoms with Crippen LogP contribution in [0.4, 0.5) is 0 Å². The number of pyridine rings is 1. The Morgan fingerprint density at radius 2 is 2.33 bits per heavy atom. The van der Waals surface area contributed by atoms with Crippen LogP contribution in [-0.2, 0) is 11.3 Å². The molecule has 1 aromatic rings. The summed E-state index contributed by atoms with van der Waals surface area (Å²) in [5, 5.41) is 11.9. The van der Waals surface area contributed by atoms with E-state index in [4.69, 9.17) is 5.11 Å². The average Bonchev–Trinajstić information content (AvgIpc) is 2.29. The molecule has 2 N–H and O–H groups in total. The Hall–Kier alpha value is -1.46. The standard InChI is InChI=1S/C13H21N3O2/c1-11(2)15-13(18)10-16(6-7-17)9-12-4-3-5-14-8-12/h3-5,8,11,17H,6-7,9-10H2,1-2H3,(H,15,18). The Kier molecular flexibility index (Phi) is 6.32. The molecule has 0 aliphatic carbocycles. The van der Waals surface area contributed by atoms with Crippen LogP contribution in [0.1, 0.15) is 19.4 Å². The van der Waals surface area contributed by atoms with Crippen molar-refractivity contribution in [3.8, 4) is 0 Å². The number of nitrogens with zero attached hydrogens (tertiary/aromatic N) is 2. The van der Waals surface area contributed by atoms with Gasteiger partial charge in [-0.3, -0.25) is 14.7 Å². The average molecular weight is 251 g/mol. The van der Waals surface area contributed by atoms with Crippen LogP contribution in [-0.4, -0.2) is 46.6 Å². The first-order valence-electron chi connectivity index (χ1n) is 6.13. The monoisotopic (exact) mass is 251 g/mol. The lowest BCUT2D eigenvalue weighted by Crippen LogP contribution is -2.40. The minimum Gasteiger partial charge on any atom is -0.395 e. The largest absolute Gasteiger partial charge is 0.395 e. The summed E-state index contributed by atoms with van der Waals surface area (Å²) in [6.45, 7) is 5.26. The molecule has 0 fully saturated rings. The van der Waals surface area contributed by atoms with Crippen molar-refractivity contribution in [3.05, 3.63) is 30.1 Å². The maximum absolute atomic E-state index is 11.7. The first kappa shape index (κ1) is 14.6. The van der Waals surface area contributed by atoms with E-state index >= 15 is 0 Å². The quantitative estimate of drug-likeness (QED) is 0.736. The number of carbonyl (C=O) groups excluding carboxylic acids is 1. The lowest BCUT2D eigenvalue weighted by molar-refractivity contribution is -0.122. The van der Waals surface area contributed by atoms with E-state index in [-0.39, 0.29) is 25.1 Å². The predicted molar refractivity (Wildman–Crippen MR) is 69.9 cm³/mol. The van der Waals surface area contributed by atoms with Crippen LogP contribution in [0.15, 0.2) is 24.5 Å². The van der Waals surface area contributed by atoms with Crippen LogP contribution in [0.25, 0.3) is 0 Å². The van der Waals surface area contributed by atoms with Gasteiger partial charge in [0.05, 0.1) is 13.2 Å². The lowest BCUT2D eigenvalue weighted by atomic mass is 10.2. The smallest absolute Gasteiger partial charge is 0.234 e. The van der Waals surface area contributed by atoms with Crippen molar-refractivity contribution >= 4 is 5.91 Å². The van der Waals surface area contributed by atoms with Crippen molar-refractivity contribution in [2.45, 2.75) is 26.4 Å². The summed E-state index contributed by atoms with van der Waals surface area (Å²) in [5.41, 5.74) is 1.03. The van der Waals surface area contributed by atoms with Crippen molar-refractivity contribution in [1.29, 1.82) is 0 Å². The molecule has 5 heteroatoms. The highest BCUT2D eigenvalue weighted by atomic mass is 16.3. The minimum atomic E-state index is -0.0256. The molecule has 1 aromatic heterocycles. The van der Waals surface area contributed by atoms with Gasteiger partial charge >= 0.3 is 0 Å². The summed E-state index contributed by atoms with van der Waals surface area (Å²) >= 11 is 0. The van der Waals surface area contributed by atoms with E-state index in [9.17, 15) is 4.79 Å². The number of aromatic nitrogens is 1. The zero-order chi connectivity index (χ0) is 13.4. The number of amides is 1. The molecule has 0 spiro atoms. The summed E-state index contributed by atoms with van der Waals surface area (Å²) in [5.74, 6) is -0.0256. The van der Waals surface area contributed by atoms with Gasteiger partial charge in [0.1, 0.15) is 0 Å². The normalized spacial score (nSPS) is 10.9. The molecular formula is C13H21N3O2. The molecule has 0 radical (unpaired) electrons. The molecule has 0 aliphatic heterocycles. The van der Waals surface area contributed by atoms with Crippen LogP contribution in [0.3, 0.4) is 0 Å². The number of nitrogens with one attached hydrogen (secondary N) is 1. The van der Waals surface area contributed by atoms with Crippen molar-refractivity contribution in [1.82, 2.24) is 15.2 Å². The number of hydrogen-bond acceptors (Lipinski definition) is 4. The Balaban J connectivity index is 2.52. The highest BCUT2D eigenvalue weighted by Crippen LogP contribution is 2.02. The molecule has 5 nitrogen and oxygen atoms in total. The first-order valence-corrected chi connectivity index (χ1v) is 6.13. The third kappa shape index (κ3) is 5.75. The van der Waals surface area contributed by atoms with Crippen LogP contribution in [0.5, 0.6) is 0 Å². The maximum atomic E-state index is 11.7. The van der Waals surface area contributed by atoms with E-state index in [0.29, 0.717) is 13.1 Å². The van der Waals surface area contributed by atoms with Gasteiger partial charge in [0.25, 0.3) is 0 Å². The molecule has 1 amide bonds. The maximum Gasteiger partial charge on any atom is 0.234 e. The second kappa shape index (κ2) is 7.79. The van der Waals surface area contributed by atoms with Crippen LogP contribution in [0, 0.1) is 0 Å². The first-order chi connectivity index (χ1) is 8.61. The third-order valence-electron chi connectivity index (χ3n) is 2.36.